The molecule has 0 aliphatic rings. The molecule has 0 fully saturated rings. The largest absolute Gasteiger partial charge is 0.496 e. The molecule has 1 aromatic carbocycles. The smallest absolute Gasteiger partial charge is 0.124 e. The normalized spacial score (nSPS) is 12.9. The summed E-state index contributed by atoms with van der Waals surface area (Å²) in [6.07, 6.45) is 2.43. The van der Waals surface area contributed by atoms with Gasteiger partial charge in [0, 0.05) is 4.83 Å². The molecular weight excluding hydrogens is 276 g/mol. The number of methoxy groups -OCH3 is 1. The van der Waals surface area contributed by atoms with Crippen LogP contribution < -0.4 is 4.74 Å². The Bertz CT molecular complexity index is 348. The first-order valence-electron chi connectivity index (χ1n) is 6.25. The van der Waals surface area contributed by atoms with Gasteiger partial charge < -0.3 is 4.74 Å². The minimum atomic E-state index is 0.452. The van der Waals surface area contributed by atoms with Gasteiger partial charge in [0.1, 0.15) is 5.75 Å². The number of halogens is 1. The average molecular weight is 299 g/mol. The van der Waals surface area contributed by atoms with Crippen molar-refractivity contribution in [3.05, 3.63) is 28.8 Å². The van der Waals surface area contributed by atoms with Crippen LogP contribution in [0.5, 0.6) is 5.75 Å². The van der Waals surface area contributed by atoms with Crippen molar-refractivity contribution >= 4 is 15.9 Å². The molecule has 96 valence electrons. The Hall–Kier alpha value is -0.500. The quantitative estimate of drug-likeness (QED) is 0.680. The lowest BCUT2D eigenvalue weighted by Gasteiger charge is -2.16. The summed E-state index contributed by atoms with van der Waals surface area (Å²) >= 11 is 3.79. The van der Waals surface area contributed by atoms with Crippen molar-refractivity contribution < 1.29 is 4.74 Å². The molecule has 0 N–H and O–H groups in total. The van der Waals surface area contributed by atoms with Gasteiger partial charge in [0.2, 0.25) is 0 Å². The molecule has 0 aliphatic carbocycles. The zero-order chi connectivity index (χ0) is 13.0. The molecule has 0 aromatic heterocycles. The van der Waals surface area contributed by atoms with E-state index in [1.54, 1.807) is 7.11 Å². The fourth-order valence-electron chi connectivity index (χ4n) is 2.13. The number of benzene rings is 1. The molecular formula is C15H23BrO. The number of aryl methyl sites for hydroxylation is 2. The Balaban J connectivity index is 2.84. The summed E-state index contributed by atoms with van der Waals surface area (Å²) < 4.78 is 5.39. The van der Waals surface area contributed by atoms with Gasteiger partial charge in [-0.15, -0.1) is 0 Å². The van der Waals surface area contributed by atoms with Crippen LogP contribution in [0.2, 0.25) is 0 Å². The third-order valence-corrected chi connectivity index (χ3v) is 4.03. The van der Waals surface area contributed by atoms with Crippen LogP contribution in [-0.4, -0.2) is 7.11 Å². The predicted octanol–water partition coefficient (Wildman–Crippen LogP) is 5.18. The first-order valence-corrected chi connectivity index (χ1v) is 7.16. The Labute approximate surface area is 114 Å². The van der Waals surface area contributed by atoms with E-state index >= 15 is 0 Å². The van der Waals surface area contributed by atoms with E-state index in [0.29, 0.717) is 4.83 Å². The third-order valence-electron chi connectivity index (χ3n) is 3.05. The highest BCUT2D eigenvalue weighted by atomic mass is 79.9. The van der Waals surface area contributed by atoms with Crippen molar-refractivity contribution in [3.63, 3.8) is 0 Å². The molecule has 0 spiro atoms. The lowest BCUT2D eigenvalue weighted by molar-refractivity contribution is 0.408. The lowest BCUT2D eigenvalue weighted by atomic mass is 9.99. The van der Waals surface area contributed by atoms with Crippen LogP contribution in [0, 0.1) is 19.8 Å². The molecule has 0 bridgehead atoms. The first-order chi connectivity index (χ1) is 7.95. The molecule has 1 rings (SSSR count). The van der Waals surface area contributed by atoms with Crippen LogP contribution in [-0.2, 0) is 0 Å². The summed E-state index contributed by atoms with van der Waals surface area (Å²) in [4.78, 5) is 0.452. The summed E-state index contributed by atoms with van der Waals surface area (Å²) in [7, 11) is 1.74. The number of alkyl halides is 1. The average Bonchev–Trinajstić information content (AvgIpc) is 2.25. The van der Waals surface area contributed by atoms with Gasteiger partial charge in [-0.1, -0.05) is 41.9 Å². The summed E-state index contributed by atoms with van der Waals surface area (Å²) in [5, 5.41) is 0. The number of hydrogen-bond acceptors (Lipinski definition) is 1. The van der Waals surface area contributed by atoms with Crippen molar-refractivity contribution in [2.24, 2.45) is 5.92 Å². The molecule has 0 amide bonds. The van der Waals surface area contributed by atoms with E-state index in [4.69, 9.17) is 4.74 Å². The van der Waals surface area contributed by atoms with Crippen LogP contribution in [0.3, 0.4) is 0 Å². The van der Waals surface area contributed by atoms with Crippen LogP contribution in [0.15, 0.2) is 12.1 Å². The molecule has 0 aliphatic heterocycles. The summed E-state index contributed by atoms with van der Waals surface area (Å²) in [6.45, 7) is 8.75. The van der Waals surface area contributed by atoms with Gasteiger partial charge in [0.05, 0.1) is 7.11 Å². The van der Waals surface area contributed by atoms with Gasteiger partial charge in [-0.2, -0.15) is 0 Å². The Morgan fingerprint density at radius 2 is 1.65 bits per heavy atom. The molecule has 0 saturated heterocycles. The van der Waals surface area contributed by atoms with Gasteiger partial charge in [-0.25, -0.2) is 0 Å². The predicted molar refractivity (Wildman–Crippen MR) is 78.2 cm³/mol. The second-order valence-electron chi connectivity index (χ2n) is 5.13. The SMILES string of the molecule is COc1c(C)cc(C(Br)CCC(C)C)cc1C. The monoisotopic (exact) mass is 298 g/mol. The molecule has 0 radical (unpaired) electrons. The van der Waals surface area contributed by atoms with Crippen molar-refractivity contribution in [2.75, 3.05) is 7.11 Å². The molecule has 0 saturated carbocycles. The van der Waals surface area contributed by atoms with Gasteiger partial charge in [-0.3, -0.25) is 0 Å². The van der Waals surface area contributed by atoms with E-state index in [1.807, 2.05) is 0 Å². The molecule has 1 nitrogen and oxygen atoms in total. The fourth-order valence-corrected chi connectivity index (χ4v) is 2.66. The highest BCUT2D eigenvalue weighted by Crippen LogP contribution is 2.34. The van der Waals surface area contributed by atoms with Crippen molar-refractivity contribution in [2.45, 2.75) is 45.4 Å². The summed E-state index contributed by atoms with van der Waals surface area (Å²) in [5.41, 5.74) is 3.80. The topological polar surface area (TPSA) is 9.23 Å². The van der Waals surface area contributed by atoms with E-state index in [-0.39, 0.29) is 0 Å². The zero-order valence-electron chi connectivity index (χ0n) is 11.5. The Kier molecular flexibility index (Phi) is 5.51. The van der Waals surface area contributed by atoms with Crippen molar-refractivity contribution in [1.29, 1.82) is 0 Å². The van der Waals surface area contributed by atoms with E-state index in [1.165, 1.54) is 29.5 Å². The first kappa shape index (κ1) is 14.6. The second-order valence-corrected chi connectivity index (χ2v) is 6.23. The van der Waals surface area contributed by atoms with Crippen molar-refractivity contribution in [3.8, 4) is 5.75 Å². The van der Waals surface area contributed by atoms with Crippen LogP contribution in [0.25, 0.3) is 0 Å². The molecule has 0 heterocycles. The summed E-state index contributed by atoms with van der Waals surface area (Å²) in [6, 6.07) is 4.46. The van der Waals surface area contributed by atoms with Crippen LogP contribution in [0.4, 0.5) is 0 Å². The third kappa shape index (κ3) is 4.02. The minimum Gasteiger partial charge on any atom is -0.496 e. The Morgan fingerprint density at radius 3 is 2.06 bits per heavy atom. The number of ether oxygens (including phenoxy) is 1. The van der Waals surface area contributed by atoms with Crippen LogP contribution in [0.1, 0.15) is 48.2 Å². The van der Waals surface area contributed by atoms with Gasteiger partial charge >= 0.3 is 0 Å². The maximum absolute atomic E-state index is 5.39. The van der Waals surface area contributed by atoms with Crippen LogP contribution >= 0.6 is 15.9 Å². The highest BCUT2D eigenvalue weighted by Gasteiger charge is 2.12. The summed E-state index contributed by atoms with van der Waals surface area (Å²) in [5.74, 6) is 1.77. The Morgan fingerprint density at radius 1 is 1.12 bits per heavy atom. The zero-order valence-corrected chi connectivity index (χ0v) is 13.1. The highest BCUT2D eigenvalue weighted by molar-refractivity contribution is 9.09. The van der Waals surface area contributed by atoms with Gasteiger partial charge in [0.25, 0.3) is 0 Å². The second kappa shape index (κ2) is 6.44. The maximum atomic E-state index is 5.39. The van der Waals surface area contributed by atoms with E-state index in [2.05, 4.69) is 55.8 Å². The molecule has 1 unspecified atom stereocenters. The molecule has 17 heavy (non-hydrogen) atoms. The van der Waals surface area contributed by atoms with E-state index < -0.39 is 0 Å². The fraction of sp³-hybridized carbons (Fsp3) is 0.600. The van der Waals surface area contributed by atoms with Gasteiger partial charge in [-0.05, 0) is 49.3 Å². The van der Waals surface area contributed by atoms with E-state index in [9.17, 15) is 0 Å². The number of rotatable bonds is 5. The molecule has 2 heteroatoms. The number of hydrogen-bond donors (Lipinski definition) is 0. The standard InChI is InChI=1S/C15H23BrO/c1-10(2)6-7-14(16)13-8-11(3)15(17-5)12(4)9-13/h8-10,14H,6-7H2,1-5H3. The van der Waals surface area contributed by atoms with E-state index in [0.717, 1.165) is 11.7 Å². The lowest BCUT2D eigenvalue weighted by Crippen LogP contribution is -1.98. The van der Waals surface area contributed by atoms with Gasteiger partial charge in [0.15, 0.2) is 0 Å². The van der Waals surface area contributed by atoms with Crippen molar-refractivity contribution in [1.82, 2.24) is 0 Å². The maximum Gasteiger partial charge on any atom is 0.124 e. The molecule has 1 atom stereocenters. The minimum absolute atomic E-state index is 0.452. The molecule has 1 aromatic rings.